The van der Waals surface area contributed by atoms with Gasteiger partial charge in [-0.15, -0.1) is 0 Å². The lowest BCUT2D eigenvalue weighted by molar-refractivity contribution is -0.385. The number of nitrogens with one attached hydrogen (secondary N) is 1. The number of hydrogen-bond acceptors (Lipinski definition) is 5. The molecule has 1 N–H and O–H groups in total. The molecular formula is C13H16ClN3O4. The van der Waals surface area contributed by atoms with Crippen LogP contribution in [0, 0.1) is 16.0 Å². The minimum Gasteiger partial charge on any atom is -0.381 e. The number of pyridine rings is 1. The Kier molecular flexibility index (Phi) is 5.08. The Hall–Kier alpha value is -1.73. The van der Waals surface area contributed by atoms with Crippen LogP contribution >= 0.6 is 11.6 Å². The second-order valence-electron chi connectivity index (χ2n) is 4.99. The largest absolute Gasteiger partial charge is 0.381 e. The fourth-order valence-electron chi connectivity index (χ4n) is 2.37. The molecule has 1 amide bonds. The molecule has 2 heterocycles. The van der Waals surface area contributed by atoms with Crippen molar-refractivity contribution in [1.82, 2.24) is 10.3 Å². The van der Waals surface area contributed by atoms with Gasteiger partial charge in [-0.05, 0) is 31.7 Å². The topological polar surface area (TPSA) is 94.4 Å². The van der Waals surface area contributed by atoms with Crippen molar-refractivity contribution in [2.45, 2.75) is 25.8 Å². The summed E-state index contributed by atoms with van der Waals surface area (Å²) in [7, 11) is 0. The summed E-state index contributed by atoms with van der Waals surface area (Å²) in [5, 5.41) is 13.8. The fraction of sp³-hybridized carbons (Fsp3) is 0.538. The molecule has 0 aliphatic carbocycles. The lowest BCUT2D eigenvalue weighted by Gasteiger charge is -2.28. The zero-order valence-electron chi connectivity index (χ0n) is 11.5. The van der Waals surface area contributed by atoms with Crippen molar-refractivity contribution in [1.29, 1.82) is 0 Å². The average Bonchev–Trinajstić information content (AvgIpc) is 2.47. The van der Waals surface area contributed by atoms with Crippen molar-refractivity contribution in [3.05, 3.63) is 33.1 Å². The first-order chi connectivity index (χ1) is 9.99. The van der Waals surface area contributed by atoms with Gasteiger partial charge in [-0.25, -0.2) is 4.98 Å². The van der Waals surface area contributed by atoms with Gasteiger partial charge in [0.2, 0.25) is 0 Å². The number of hydrogen-bond donors (Lipinski definition) is 1. The van der Waals surface area contributed by atoms with E-state index in [4.69, 9.17) is 16.3 Å². The van der Waals surface area contributed by atoms with Crippen molar-refractivity contribution < 1.29 is 14.5 Å². The van der Waals surface area contributed by atoms with Gasteiger partial charge in [0.15, 0.2) is 0 Å². The maximum absolute atomic E-state index is 12.2. The first-order valence-electron chi connectivity index (χ1n) is 6.67. The van der Waals surface area contributed by atoms with Crippen LogP contribution in [0.25, 0.3) is 0 Å². The highest BCUT2D eigenvalue weighted by Crippen LogP contribution is 2.22. The van der Waals surface area contributed by atoms with Crippen LogP contribution in [0.1, 0.15) is 30.1 Å². The zero-order chi connectivity index (χ0) is 15.4. The Balaban J connectivity index is 2.12. The Morgan fingerprint density at radius 1 is 1.57 bits per heavy atom. The third-order valence-corrected chi connectivity index (χ3v) is 3.83. The summed E-state index contributed by atoms with van der Waals surface area (Å²) in [4.78, 5) is 26.2. The molecule has 1 fully saturated rings. The number of carbonyl (C=O) groups excluding carboxylic acids is 1. The van der Waals surface area contributed by atoms with E-state index in [1.165, 1.54) is 6.07 Å². The van der Waals surface area contributed by atoms with Gasteiger partial charge in [0.1, 0.15) is 16.9 Å². The second-order valence-corrected chi connectivity index (χ2v) is 5.38. The van der Waals surface area contributed by atoms with Crippen molar-refractivity contribution >= 4 is 23.2 Å². The molecule has 1 aromatic rings. The van der Waals surface area contributed by atoms with Crippen LogP contribution in [-0.2, 0) is 4.74 Å². The fourth-order valence-corrected chi connectivity index (χ4v) is 2.53. The van der Waals surface area contributed by atoms with Crippen molar-refractivity contribution in [2.24, 2.45) is 5.92 Å². The Bertz CT molecular complexity index is 546. The van der Waals surface area contributed by atoms with E-state index in [1.54, 1.807) is 0 Å². The Morgan fingerprint density at radius 2 is 2.24 bits per heavy atom. The van der Waals surface area contributed by atoms with Crippen molar-refractivity contribution in [2.75, 3.05) is 13.2 Å². The highest BCUT2D eigenvalue weighted by atomic mass is 35.5. The molecule has 2 rings (SSSR count). The lowest BCUT2D eigenvalue weighted by Crippen LogP contribution is -2.40. The van der Waals surface area contributed by atoms with Gasteiger partial charge < -0.3 is 10.1 Å². The van der Waals surface area contributed by atoms with Crippen LogP contribution < -0.4 is 5.32 Å². The molecular weight excluding hydrogens is 298 g/mol. The molecule has 0 radical (unpaired) electrons. The van der Waals surface area contributed by atoms with E-state index in [1.807, 2.05) is 6.92 Å². The summed E-state index contributed by atoms with van der Waals surface area (Å²) in [6.45, 7) is 3.24. The molecule has 1 saturated heterocycles. The predicted molar refractivity (Wildman–Crippen MR) is 76.4 cm³/mol. The van der Waals surface area contributed by atoms with Crippen LogP contribution in [0.15, 0.2) is 12.3 Å². The van der Waals surface area contributed by atoms with E-state index >= 15 is 0 Å². The first-order valence-corrected chi connectivity index (χ1v) is 7.05. The van der Waals surface area contributed by atoms with Gasteiger partial charge in [0.25, 0.3) is 11.6 Å². The summed E-state index contributed by atoms with van der Waals surface area (Å²) in [5.41, 5.74) is -0.421. The quantitative estimate of drug-likeness (QED) is 0.522. The number of carbonyl (C=O) groups is 1. The smallest absolute Gasteiger partial charge is 0.300 e. The number of amides is 1. The molecule has 0 spiro atoms. The summed E-state index contributed by atoms with van der Waals surface area (Å²) in [6, 6.07) is 1.12. The first kappa shape index (κ1) is 15.7. The van der Waals surface area contributed by atoms with Crippen molar-refractivity contribution in [3.8, 4) is 0 Å². The normalized spacial score (nSPS) is 17.2. The summed E-state index contributed by atoms with van der Waals surface area (Å²) in [6.07, 6.45) is 2.72. The number of nitrogens with zero attached hydrogens (tertiary/aromatic N) is 2. The Morgan fingerprint density at radius 3 is 2.86 bits per heavy atom. The lowest BCUT2D eigenvalue weighted by atomic mass is 9.93. The number of aromatic nitrogens is 1. The minimum atomic E-state index is -0.642. The summed E-state index contributed by atoms with van der Waals surface area (Å²) < 4.78 is 5.28. The molecule has 1 aromatic heterocycles. The van der Waals surface area contributed by atoms with E-state index in [0.717, 1.165) is 19.0 Å². The maximum atomic E-state index is 12.2. The number of nitro groups is 1. The van der Waals surface area contributed by atoms with Crippen LogP contribution in [0.5, 0.6) is 0 Å². The molecule has 21 heavy (non-hydrogen) atoms. The monoisotopic (exact) mass is 313 g/mol. The molecule has 0 aromatic carbocycles. The highest BCUT2D eigenvalue weighted by Gasteiger charge is 2.26. The van der Waals surface area contributed by atoms with Gasteiger partial charge >= 0.3 is 0 Å². The van der Waals surface area contributed by atoms with Crippen molar-refractivity contribution in [3.63, 3.8) is 0 Å². The molecule has 1 aliphatic heterocycles. The van der Waals surface area contributed by atoms with E-state index < -0.39 is 10.8 Å². The van der Waals surface area contributed by atoms with Crippen LogP contribution in [0.4, 0.5) is 5.69 Å². The average molecular weight is 314 g/mol. The molecule has 0 saturated carbocycles. The minimum absolute atomic E-state index is 0.0458. The number of ether oxygens (including phenoxy) is 1. The predicted octanol–water partition coefficient (Wildman–Crippen LogP) is 2.19. The SMILES string of the molecule is CC(NC(=O)c1cc(Cl)ncc1[N+](=O)[O-])C1CCOCC1. The van der Waals surface area contributed by atoms with Gasteiger partial charge in [0.05, 0.1) is 4.92 Å². The zero-order valence-corrected chi connectivity index (χ0v) is 12.3. The number of rotatable bonds is 4. The summed E-state index contributed by atoms with van der Waals surface area (Å²) >= 11 is 5.72. The highest BCUT2D eigenvalue weighted by molar-refractivity contribution is 6.29. The molecule has 114 valence electrons. The number of halogens is 1. The molecule has 7 nitrogen and oxygen atoms in total. The molecule has 1 atom stereocenters. The maximum Gasteiger partial charge on any atom is 0.300 e. The molecule has 1 aliphatic rings. The molecule has 1 unspecified atom stereocenters. The van der Waals surface area contributed by atoms with Gasteiger partial charge in [-0.1, -0.05) is 11.6 Å². The Labute approximate surface area is 126 Å². The third kappa shape index (κ3) is 3.89. The standard InChI is InChI=1S/C13H16ClN3O4/c1-8(9-2-4-21-5-3-9)16-13(18)10-6-12(14)15-7-11(10)17(19)20/h6-9H,2-5H2,1H3,(H,16,18). The van der Waals surface area contributed by atoms with Gasteiger partial charge in [0, 0.05) is 19.3 Å². The van der Waals surface area contributed by atoms with E-state index in [0.29, 0.717) is 19.1 Å². The van der Waals surface area contributed by atoms with E-state index in [9.17, 15) is 14.9 Å². The second kappa shape index (κ2) is 6.82. The van der Waals surface area contributed by atoms with E-state index in [2.05, 4.69) is 10.3 Å². The van der Waals surface area contributed by atoms with E-state index in [-0.39, 0.29) is 22.4 Å². The third-order valence-electron chi connectivity index (χ3n) is 3.62. The molecule has 8 heteroatoms. The van der Waals surface area contributed by atoms with Crippen LogP contribution in [-0.4, -0.2) is 35.1 Å². The summed E-state index contributed by atoms with van der Waals surface area (Å²) in [5.74, 6) is -0.205. The molecule has 0 bridgehead atoms. The van der Waals surface area contributed by atoms with Gasteiger partial charge in [-0.2, -0.15) is 0 Å². The van der Waals surface area contributed by atoms with Gasteiger partial charge in [-0.3, -0.25) is 14.9 Å². The van der Waals surface area contributed by atoms with Crippen LogP contribution in [0.3, 0.4) is 0 Å². The van der Waals surface area contributed by atoms with Crippen LogP contribution in [0.2, 0.25) is 5.15 Å².